The minimum Gasteiger partial charge on any atom is -0.341 e. The summed E-state index contributed by atoms with van der Waals surface area (Å²) in [6, 6.07) is 14.2. The number of carbonyl (C=O) groups excluding carboxylic acids is 1. The Morgan fingerprint density at radius 2 is 1.52 bits per heavy atom. The Kier molecular flexibility index (Phi) is 11.1. The van der Waals surface area contributed by atoms with Crippen LogP contribution < -0.4 is 5.73 Å². The third-order valence-electron chi connectivity index (χ3n) is 4.96. The fourth-order valence-corrected chi connectivity index (χ4v) is 3.38. The van der Waals surface area contributed by atoms with Gasteiger partial charge in [0.05, 0.1) is 6.04 Å². The molecule has 4 heteroatoms. The summed E-state index contributed by atoms with van der Waals surface area (Å²) in [6.45, 7) is 6.05. The molecule has 1 amide bonds. The van der Waals surface area contributed by atoms with Crippen LogP contribution in [0.4, 0.5) is 0 Å². The van der Waals surface area contributed by atoms with Crippen LogP contribution in [0.25, 0.3) is 10.8 Å². The standard InChI is InChI=1S/C23H34N2O.ClH/c1-3-5-9-15-25(16-10-6-4-2)23(26)22(24)18-19-13-14-20-11-7-8-12-21(20)17-19;/h7-8,11-14,17,22H,3-6,9-10,15-16,18,24H2,1-2H3;1H/t22-;/m1./s1. The van der Waals surface area contributed by atoms with Crippen molar-refractivity contribution in [1.29, 1.82) is 0 Å². The number of fused-ring (bicyclic) bond motifs is 1. The molecule has 2 aromatic rings. The molecule has 0 spiro atoms. The summed E-state index contributed by atoms with van der Waals surface area (Å²) < 4.78 is 0. The average Bonchev–Trinajstić information content (AvgIpc) is 2.66. The predicted molar refractivity (Wildman–Crippen MR) is 119 cm³/mol. The molecule has 0 aliphatic carbocycles. The third kappa shape index (κ3) is 7.51. The molecule has 2 aromatic carbocycles. The number of carbonyl (C=O) groups is 1. The minimum atomic E-state index is -0.459. The molecule has 0 fully saturated rings. The molecule has 0 radical (unpaired) electrons. The number of unbranched alkanes of at least 4 members (excludes halogenated alkanes) is 4. The van der Waals surface area contributed by atoms with E-state index in [1.807, 2.05) is 17.0 Å². The quantitative estimate of drug-likeness (QED) is 0.526. The van der Waals surface area contributed by atoms with Crippen molar-refractivity contribution in [3.05, 3.63) is 48.0 Å². The molecule has 1 atom stereocenters. The van der Waals surface area contributed by atoms with Crippen LogP contribution in [-0.2, 0) is 11.2 Å². The number of rotatable bonds is 11. The largest absolute Gasteiger partial charge is 0.341 e. The summed E-state index contributed by atoms with van der Waals surface area (Å²) in [7, 11) is 0. The molecule has 0 unspecified atom stereocenters. The topological polar surface area (TPSA) is 46.3 Å². The van der Waals surface area contributed by atoms with Crippen molar-refractivity contribution in [3.63, 3.8) is 0 Å². The third-order valence-corrected chi connectivity index (χ3v) is 4.96. The highest BCUT2D eigenvalue weighted by atomic mass is 35.5. The van der Waals surface area contributed by atoms with E-state index in [0.717, 1.165) is 44.3 Å². The Hall–Kier alpha value is -1.58. The van der Waals surface area contributed by atoms with Gasteiger partial charge < -0.3 is 10.6 Å². The van der Waals surface area contributed by atoms with Crippen LogP contribution in [0, 0.1) is 0 Å². The minimum absolute atomic E-state index is 0. The molecule has 0 aromatic heterocycles. The van der Waals surface area contributed by atoms with Gasteiger partial charge in [-0.25, -0.2) is 0 Å². The van der Waals surface area contributed by atoms with Crippen molar-refractivity contribution < 1.29 is 4.79 Å². The van der Waals surface area contributed by atoms with E-state index in [-0.39, 0.29) is 18.3 Å². The van der Waals surface area contributed by atoms with E-state index in [2.05, 4.69) is 44.2 Å². The smallest absolute Gasteiger partial charge is 0.239 e. The van der Waals surface area contributed by atoms with Crippen LogP contribution in [0.15, 0.2) is 42.5 Å². The summed E-state index contributed by atoms with van der Waals surface area (Å²) >= 11 is 0. The normalized spacial score (nSPS) is 11.8. The second-order valence-electron chi connectivity index (χ2n) is 7.23. The van der Waals surface area contributed by atoms with Gasteiger partial charge >= 0.3 is 0 Å². The van der Waals surface area contributed by atoms with Gasteiger partial charge in [0.2, 0.25) is 5.91 Å². The molecular weight excluding hydrogens is 356 g/mol. The number of amides is 1. The van der Waals surface area contributed by atoms with Crippen molar-refractivity contribution in [2.45, 2.75) is 64.8 Å². The number of hydrogen-bond acceptors (Lipinski definition) is 2. The van der Waals surface area contributed by atoms with Crippen LogP contribution in [0.2, 0.25) is 0 Å². The Bertz CT molecular complexity index is 679. The van der Waals surface area contributed by atoms with Crippen LogP contribution in [0.3, 0.4) is 0 Å². The number of halogens is 1. The van der Waals surface area contributed by atoms with E-state index in [0.29, 0.717) is 6.42 Å². The van der Waals surface area contributed by atoms with Gasteiger partial charge in [-0.3, -0.25) is 4.79 Å². The van der Waals surface area contributed by atoms with Gasteiger partial charge in [0.1, 0.15) is 0 Å². The average molecular weight is 391 g/mol. The molecule has 2 rings (SSSR count). The number of nitrogens with zero attached hydrogens (tertiary/aromatic N) is 1. The summed E-state index contributed by atoms with van der Waals surface area (Å²) in [5, 5.41) is 2.42. The lowest BCUT2D eigenvalue weighted by atomic mass is 10.0. The monoisotopic (exact) mass is 390 g/mol. The fraction of sp³-hybridized carbons (Fsp3) is 0.522. The fourth-order valence-electron chi connectivity index (χ4n) is 3.38. The summed E-state index contributed by atoms with van der Waals surface area (Å²) in [5.74, 6) is 0.102. The summed E-state index contributed by atoms with van der Waals surface area (Å²) in [6.07, 6.45) is 7.39. The number of benzene rings is 2. The van der Waals surface area contributed by atoms with Gasteiger partial charge in [0.25, 0.3) is 0 Å². The zero-order valence-corrected chi connectivity index (χ0v) is 17.6. The second-order valence-corrected chi connectivity index (χ2v) is 7.23. The Morgan fingerprint density at radius 1 is 0.926 bits per heavy atom. The van der Waals surface area contributed by atoms with Gasteiger partial charge in [-0.15, -0.1) is 12.4 Å². The lowest BCUT2D eigenvalue weighted by Crippen LogP contribution is -2.45. The number of hydrogen-bond donors (Lipinski definition) is 1. The summed E-state index contributed by atoms with van der Waals surface area (Å²) in [5.41, 5.74) is 7.44. The van der Waals surface area contributed by atoms with Gasteiger partial charge in [-0.05, 0) is 35.6 Å². The molecule has 150 valence electrons. The van der Waals surface area contributed by atoms with E-state index < -0.39 is 6.04 Å². The zero-order valence-electron chi connectivity index (χ0n) is 16.8. The molecule has 3 nitrogen and oxygen atoms in total. The lowest BCUT2D eigenvalue weighted by molar-refractivity contribution is -0.132. The van der Waals surface area contributed by atoms with Crippen molar-refractivity contribution in [2.24, 2.45) is 5.73 Å². The van der Waals surface area contributed by atoms with E-state index in [1.54, 1.807) is 0 Å². The number of nitrogens with two attached hydrogens (primary N) is 1. The second kappa shape index (κ2) is 12.7. The molecule has 0 bridgehead atoms. The van der Waals surface area contributed by atoms with Crippen LogP contribution in [0.1, 0.15) is 57.9 Å². The Morgan fingerprint density at radius 3 is 2.11 bits per heavy atom. The van der Waals surface area contributed by atoms with Crippen LogP contribution in [-0.4, -0.2) is 29.9 Å². The maximum absolute atomic E-state index is 12.9. The van der Waals surface area contributed by atoms with E-state index >= 15 is 0 Å². The van der Waals surface area contributed by atoms with E-state index in [9.17, 15) is 4.79 Å². The van der Waals surface area contributed by atoms with Crippen LogP contribution in [0.5, 0.6) is 0 Å². The van der Waals surface area contributed by atoms with Gasteiger partial charge in [0.15, 0.2) is 0 Å². The molecule has 0 aliphatic rings. The highest BCUT2D eigenvalue weighted by Crippen LogP contribution is 2.17. The molecular formula is C23H35ClN2O. The molecule has 0 saturated heterocycles. The molecule has 27 heavy (non-hydrogen) atoms. The molecule has 0 aliphatic heterocycles. The molecule has 0 saturated carbocycles. The van der Waals surface area contributed by atoms with E-state index in [1.165, 1.54) is 23.6 Å². The highest BCUT2D eigenvalue weighted by molar-refractivity contribution is 5.85. The maximum atomic E-state index is 12.9. The Balaban J connectivity index is 0.00000364. The zero-order chi connectivity index (χ0) is 18.8. The summed E-state index contributed by atoms with van der Waals surface area (Å²) in [4.78, 5) is 14.9. The first-order chi connectivity index (χ1) is 12.7. The van der Waals surface area contributed by atoms with Crippen LogP contribution >= 0.6 is 12.4 Å². The first-order valence-electron chi connectivity index (χ1n) is 10.2. The lowest BCUT2D eigenvalue weighted by Gasteiger charge is -2.26. The van der Waals surface area contributed by atoms with Crippen molar-refractivity contribution in [2.75, 3.05) is 13.1 Å². The highest BCUT2D eigenvalue weighted by Gasteiger charge is 2.20. The van der Waals surface area contributed by atoms with Gasteiger partial charge in [-0.1, -0.05) is 82.0 Å². The van der Waals surface area contributed by atoms with Crippen molar-refractivity contribution in [3.8, 4) is 0 Å². The van der Waals surface area contributed by atoms with Gasteiger partial charge in [0, 0.05) is 13.1 Å². The van der Waals surface area contributed by atoms with Crippen molar-refractivity contribution in [1.82, 2.24) is 4.90 Å². The van der Waals surface area contributed by atoms with Crippen molar-refractivity contribution >= 4 is 29.1 Å². The molecule has 0 heterocycles. The first kappa shape index (κ1) is 23.5. The predicted octanol–water partition coefficient (Wildman–Crippen LogP) is 5.34. The SMILES string of the molecule is CCCCCN(CCCCC)C(=O)[C@H](N)Cc1ccc2ccccc2c1.Cl. The Labute approximate surface area is 170 Å². The van der Waals surface area contributed by atoms with E-state index in [4.69, 9.17) is 5.73 Å². The first-order valence-corrected chi connectivity index (χ1v) is 10.2. The van der Waals surface area contributed by atoms with Gasteiger partial charge in [-0.2, -0.15) is 0 Å². The maximum Gasteiger partial charge on any atom is 0.239 e. The molecule has 2 N–H and O–H groups in total.